The van der Waals surface area contributed by atoms with Crippen molar-refractivity contribution in [3.05, 3.63) is 29.6 Å². The number of halogens is 1. The third-order valence-corrected chi connectivity index (χ3v) is 8.23. The number of aliphatic imine (C=N–C) groups is 1. The van der Waals surface area contributed by atoms with Crippen LogP contribution in [0.15, 0.2) is 23.2 Å². The molecular weight excluding hydrogens is 357 g/mol. The maximum Gasteiger partial charge on any atom is 0.227 e. The number of hydrogen-bond donors (Lipinski definition) is 2. The van der Waals surface area contributed by atoms with Crippen LogP contribution in [0.25, 0.3) is 0 Å². The Morgan fingerprint density at radius 1 is 1.31 bits per heavy atom. The van der Waals surface area contributed by atoms with Crippen molar-refractivity contribution in [1.82, 2.24) is 0 Å². The summed E-state index contributed by atoms with van der Waals surface area (Å²) in [6.45, 7) is 4.53. The summed E-state index contributed by atoms with van der Waals surface area (Å²) in [5.74, 6) is -1.09. The van der Waals surface area contributed by atoms with Gasteiger partial charge in [-0.2, -0.15) is 0 Å². The summed E-state index contributed by atoms with van der Waals surface area (Å²) < 4.78 is 38.6. The standard InChI is InChI=1S/C18H24FN3O3S/c1-17(2)16(20)22-18(3,10-26(17,24)25)13-9-12(7-8-14(13)19)21-15(23)11-5-4-6-11/h7-9,11H,4-6,10H2,1-3H3,(H2,20,22)(H,21,23). The first-order valence-electron chi connectivity index (χ1n) is 8.65. The molecule has 26 heavy (non-hydrogen) atoms. The fourth-order valence-electron chi connectivity index (χ4n) is 3.21. The Morgan fingerprint density at radius 2 is 1.96 bits per heavy atom. The van der Waals surface area contributed by atoms with Gasteiger partial charge in [-0.25, -0.2) is 12.8 Å². The van der Waals surface area contributed by atoms with E-state index in [2.05, 4.69) is 10.3 Å². The van der Waals surface area contributed by atoms with E-state index in [0.29, 0.717) is 5.69 Å². The van der Waals surface area contributed by atoms with Crippen LogP contribution in [0.4, 0.5) is 10.1 Å². The number of benzene rings is 1. The number of carbonyl (C=O) groups excluding carboxylic acids is 1. The molecule has 6 nitrogen and oxygen atoms in total. The topological polar surface area (TPSA) is 102 Å². The molecule has 1 aliphatic heterocycles. The number of nitrogens with two attached hydrogens (primary N) is 1. The highest BCUT2D eigenvalue weighted by Gasteiger charge is 2.49. The van der Waals surface area contributed by atoms with Crippen LogP contribution >= 0.6 is 0 Å². The SMILES string of the molecule is CC1(c2cc(NC(=O)C3CCC3)ccc2F)CS(=O)(=O)C(C)(C)C(N)=N1. The Hall–Kier alpha value is -1.96. The van der Waals surface area contributed by atoms with Crippen molar-refractivity contribution in [2.75, 3.05) is 11.1 Å². The largest absolute Gasteiger partial charge is 0.386 e. The zero-order chi connectivity index (χ0) is 19.3. The van der Waals surface area contributed by atoms with E-state index in [4.69, 9.17) is 5.73 Å². The molecule has 142 valence electrons. The number of nitrogens with zero attached hydrogens (tertiary/aromatic N) is 1. The molecule has 0 saturated heterocycles. The van der Waals surface area contributed by atoms with Crippen molar-refractivity contribution in [1.29, 1.82) is 0 Å². The number of amides is 1. The zero-order valence-electron chi connectivity index (χ0n) is 15.2. The molecule has 8 heteroatoms. The smallest absolute Gasteiger partial charge is 0.227 e. The highest BCUT2D eigenvalue weighted by atomic mass is 32.2. The summed E-state index contributed by atoms with van der Waals surface area (Å²) in [6, 6.07) is 4.14. The quantitative estimate of drug-likeness (QED) is 0.839. The van der Waals surface area contributed by atoms with E-state index in [1.165, 1.54) is 32.0 Å². The molecule has 1 fully saturated rings. The van der Waals surface area contributed by atoms with Crippen LogP contribution in [0.5, 0.6) is 0 Å². The molecule has 3 N–H and O–H groups in total. The lowest BCUT2D eigenvalue weighted by atomic mass is 9.84. The Bertz CT molecular complexity index is 891. The van der Waals surface area contributed by atoms with Gasteiger partial charge in [0.25, 0.3) is 0 Å². The van der Waals surface area contributed by atoms with E-state index in [1.54, 1.807) is 6.92 Å². The van der Waals surface area contributed by atoms with Gasteiger partial charge in [0.15, 0.2) is 9.84 Å². The number of anilines is 1. The number of hydrogen-bond acceptors (Lipinski definition) is 5. The number of rotatable bonds is 3. The molecule has 3 rings (SSSR count). The number of carbonyl (C=O) groups is 1. The number of nitrogens with one attached hydrogen (secondary N) is 1. The first-order chi connectivity index (χ1) is 12.0. The summed E-state index contributed by atoms with van der Waals surface area (Å²) in [5, 5.41) is 2.78. The maximum atomic E-state index is 14.5. The Kier molecular flexibility index (Phi) is 4.37. The molecule has 1 aliphatic carbocycles. The second kappa shape index (κ2) is 6.04. The van der Waals surface area contributed by atoms with E-state index in [1.807, 2.05) is 0 Å². The highest BCUT2D eigenvalue weighted by Crippen LogP contribution is 2.38. The van der Waals surface area contributed by atoms with Crippen LogP contribution in [0.1, 0.15) is 45.6 Å². The molecule has 1 aromatic carbocycles. The van der Waals surface area contributed by atoms with Crippen molar-refractivity contribution in [3.63, 3.8) is 0 Å². The van der Waals surface area contributed by atoms with Gasteiger partial charge >= 0.3 is 0 Å². The lowest BCUT2D eigenvalue weighted by molar-refractivity contribution is -0.122. The van der Waals surface area contributed by atoms with Crippen molar-refractivity contribution < 1.29 is 17.6 Å². The third kappa shape index (κ3) is 3.00. The van der Waals surface area contributed by atoms with Crippen LogP contribution in [0.2, 0.25) is 0 Å². The Balaban J connectivity index is 1.99. The van der Waals surface area contributed by atoms with Gasteiger partial charge in [0.05, 0.1) is 5.75 Å². The number of sulfone groups is 1. The van der Waals surface area contributed by atoms with Crippen molar-refractivity contribution in [2.45, 2.75) is 50.3 Å². The number of amidine groups is 1. The van der Waals surface area contributed by atoms with E-state index < -0.39 is 25.9 Å². The maximum absolute atomic E-state index is 14.5. The van der Waals surface area contributed by atoms with Crippen molar-refractivity contribution in [2.24, 2.45) is 16.6 Å². The van der Waals surface area contributed by atoms with Gasteiger partial charge in [-0.1, -0.05) is 6.42 Å². The predicted octanol–water partition coefficient (Wildman–Crippen LogP) is 2.34. The average Bonchev–Trinajstić information content (AvgIpc) is 2.45. The van der Waals surface area contributed by atoms with Gasteiger partial charge in [-0.05, 0) is 51.8 Å². The van der Waals surface area contributed by atoms with Gasteiger partial charge in [-0.15, -0.1) is 0 Å². The van der Waals surface area contributed by atoms with Gasteiger partial charge in [0.1, 0.15) is 21.9 Å². The van der Waals surface area contributed by atoms with E-state index >= 15 is 0 Å². The second-order valence-corrected chi connectivity index (χ2v) is 10.4. The molecule has 0 bridgehead atoms. The zero-order valence-corrected chi connectivity index (χ0v) is 16.0. The fraction of sp³-hybridized carbons (Fsp3) is 0.556. The first kappa shape index (κ1) is 18.8. The average molecular weight is 381 g/mol. The van der Waals surface area contributed by atoms with Crippen molar-refractivity contribution >= 4 is 27.3 Å². The molecular formula is C18H24FN3O3S. The first-order valence-corrected chi connectivity index (χ1v) is 10.3. The lowest BCUT2D eigenvalue weighted by Crippen LogP contribution is -2.55. The summed E-state index contributed by atoms with van der Waals surface area (Å²) in [4.78, 5) is 16.5. The highest BCUT2D eigenvalue weighted by molar-refractivity contribution is 7.93. The molecule has 2 aliphatic rings. The molecule has 0 aromatic heterocycles. The minimum absolute atomic E-state index is 0.0105. The van der Waals surface area contributed by atoms with E-state index in [0.717, 1.165) is 19.3 Å². The van der Waals surface area contributed by atoms with E-state index in [-0.39, 0.29) is 29.0 Å². The molecule has 1 unspecified atom stereocenters. The third-order valence-electron chi connectivity index (χ3n) is 5.52. The minimum atomic E-state index is -3.64. The van der Waals surface area contributed by atoms with Gasteiger partial charge in [0.2, 0.25) is 5.91 Å². The normalized spacial score (nSPS) is 27.3. The molecule has 1 atom stereocenters. The van der Waals surface area contributed by atoms with Gasteiger partial charge in [0, 0.05) is 17.2 Å². The van der Waals surface area contributed by atoms with Crippen LogP contribution in [0, 0.1) is 11.7 Å². The van der Waals surface area contributed by atoms with Gasteiger partial charge in [-0.3, -0.25) is 9.79 Å². The monoisotopic (exact) mass is 381 g/mol. The van der Waals surface area contributed by atoms with E-state index in [9.17, 15) is 17.6 Å². The van der Waals surface area contributed by atoms with Gasteiger partial charge < -0.3 is 11.1 Å². The Morgan fingerprint density at radius 3 is 2.50 bits per heavy atom. The van der Waals surface area contributed by atoms with Crippen molar-refractivity contribution in [3.8, 4) is 0 Å². The summed E-state index contributed by atoms with van der Waals surface area (Å²) >= 11 is 0. The van der Waals surface area contributed by atoms with Crippen LogP contribution in [0.3, 0.4) is 0 Å². The minimum Gasteiger partial charge on any atom is -0.386 e. The molecule has 1 aromatic rings. The fourth-order valence-corrected chi connectivity index (χ4v) is 4.90. The summed E-state index contributed by atoms with van der Waals surface area (Å²) in [7, 11) is -3.64. The van der Waals surface area contributed by atoms with Crippen LogP contribution < -0.4 is 11.1 Å². The molecule has 1 amide bonds. The molecule has 0 spiro atoms. The lowest BCUT2D eigenvalue weighted by Gasteiger charge is -2.38. The molecule has 1 saturated carbocycles. The summed E-state index contributed by atoms with van der Waals surface area (Å²) in [5.41, 5.74) is 5.10. The second-order valence-electron chi connectivity index (χ2n) is 7.85. The summed E-state index contributed by atoms with van der Waals surface area (Å²) in [6.07, 6.45) is 2.74. The molecule has 1 heterocycles. The Labute approximate surface area is 153 Å². The van der Waals surface area contributed by atoms with Crippen LogP contribution in [-0.4, -0.2) is 30.7 Å². The van der Waals surface area contributed by atoms with Crippen LogP contribution in [-0.2, 0) is 20.2 Å². The predicted molar refractivity (Wildman–Crippen MR) is 99.2 cm³/mol. The molecule has 0 radical (unpaired) electrons.